The van der Waals surface area contributed by atoms with E-state index in [-0.39, 0.29) is 23.8 Å². The normalized spacial score (nSPS) is 22.0. The van der Waals surface area contributed by atoms with Gasteiger partial charge in [0.15, 0.2) is 11.6 Å². The van der Waals surface area contributed by atoms with Gasteiger partial charge in [0.2, 0.25) is 0 Å². The molecule has 1 heterocycles. The molecule has 21 heavy (non-hydrogen) atoms. The van der Waals surface area contributed by atoms with E-state index in [0.717, 1.165) is 17.7 Å². The van der Waals surface area contributed by atoms with Crippen LogP contribution in [0.4, 0.5) is 4.39 Å². The molecular formula is C17H18FNO2. The summed E-state index contributed by atoms with van der Waals surface area (Å²) in [6.07, 6.45) is -0.181. The molecular weight excluding hydrogens is 269 g/mol. The topological polar surface area (TPSA) is 30.5 Å². The highest BCUT2D eigenvalue weighted by Gasteiger charge is 2.25. The Labute approximate surface area is 123 Å². The third-order valence-electron chi connectivity index (χ3n) is 3.71. The van der Waals surface area contributed by atoms with E-state index in [2.05, 4.69) is 5.32 Å². The van der Waals surface area contributed by atoms with Gasteiger partial charge in [-0.15, -0.1) is 0 Å². The van der Waals surface area contributed by atoms with Crippen molar-refractivity contribution in [3.8, 4) is 5.75 Å². The molecule has 4 heteroatoms. The number of methoxy groups -OCH3 is 1. The number of halogens is 1. The quantitative estimate of drug-likeness (QED) is 0.940. The summed E-state index contributed by atoms with van der Waals surface area (Å²) in [7, 11) is 1.46. The highest BCUT2D eigenvalue weighted by Crippen LogP contribution is 2.31. The molecule has 0 saturated carbocycles. The molecule has 0 amide bonds. The SMILES string of the molecule is COc1ccc(C2CNCC(c3ccccc3)O2)cc1F. The van der Waals surface area contributed by atoms with Crippen molar-refractivity contribution in [2.75, 3.05) is 20.2 Å². The third-order valence-corrected chi connectivity index (χ3v) is 3.71. The van der Waals surface area contributed by atoms with Crippen LogP contribution in [0.5, 0.6) is 5.75 Å². The number of hydrogen-bond acceptors (Lipinski definition) is 3. The average molecular weight is 287 g/mol. The molecule has 1 saturated heterocycles. The van der Waals surface area contributed by atoms with Crippen molar-refractivity contribution in [2.24, 2.45) is 0 Å². The minimum Gasteiger partial charge on any atom is -0.494 e. The smallest absolute Gasteiger partial charge is 0.165 e. The maximum absolute atomic E-state index is 13.8. The van der Waals surface area contributed by atoms with Gasteiger partial charge in [-0.2, -0.15) is 0 Å². The van der Waals surface area contributed by atoms with Gasteiger partial charge in [-0.25, -0.2) is 4.39 Å². The molecule has 2 aromatic carbocycles. The van der Waals surface area contributed by atoms with Gasteiger partial charge in [-0.3, -0.25) is 0 Å². The van der Waals surface area contributed by atoms with Crippen LogP contribution in [0, 0.1) is 5.82 Å². The van der Waals surface area contributed by atoms with Gasteiger partial charge >= 0.3 is 0 Å². The summed E-state index contributed by atoms with van der Waals surface area (Å²) in [6.45, 7) is 1.44. The molecule has 0 radical (unpaired) electrons. The molecule has 0 aliphatic carbocycles. The Bertz CT molecular complexity index is 603. The van der Waals surface area contributed by atoms with Crippen LogP contribution >= 0.6 is 0 Å². The van der Waals surface area contributed by atoms with Crippen LogP contribution < -0.4 is 10.1 Å². The summed E-state index contributed by atoms with van der Waals surface area (Å²) in [4.78, 5) is 0. The first kappa shape index (κ1) is 14.0. The van der Waals surface area contributed by atoms with E-state index in [1.165, 1.54) is 13.2 Å². The first-order valence-electron chi connectivity index (χ1n) is 7.02. The van der Waals surface area contributed by atoms with Gasteiger partial charge in [0.25, 0.3) is 0 Å². The molecule has 0 spiro atoms. The minimum atomic E-state index is -0.361. The standard InChI is InChI=1S/C17H18FNO2/c1-20-15-8-7-13(9-14(15)18)17-11-19-10-16(21-17)12-5-3-2-4-6-12/h2-9,16-17,19H,10-11H2,1H3. The van der Waals surface area contributed by atoms with Gasteiger partial charge in [0.1, 0.15) is 0 Å². The second-order valence-corrected chi connectivity index (χ2v) is 5.08. The average Bonchev–Trinajstić information content (AvgIpc) is 2.56. The van der Waals surface area contributed by atoms with Gasteiger partial charge in [0.05, 0.1) is 19.3 Å². The number of rotatable bonds is 3. The molecule has 1 N–H and O–H groups in total. The van der Waals surface area contributed by atoms with E-state index in [0.29, 0.717) is 6.54 Å². The zero-order valence-corrected chi connectivity index (χ0v) is 11.9. The van der Waals surface area contributed by atoms with Crippen molar-refractivity contribution in [1.29, 1.82) is 0 Å². The molecule has 2 aromatic rings. The van der Waals surface area contributed by atoms with Crippen LogP contribution in [0.3, 0.4) is 0 Å². The van der Waals surface area contributed by atoms with Crippen molar-refractivity contribution in [2.45, 2.75) is 12.2 Å². The Hall–Kier alpha value is -1.91. The molecule has 1 aliphatic heterocycles. The van der Waals surface area contributed by atoms with E-state index in [4.69, 9.17) is 9.47 Å². The fraction of sp³-hybridized carbons (Fsp3) is 0.294. The lowest BCUT2D eigenvalue weighted by Crippen LogP contribution is -2.35. The van der Waals surface area contributed by atoms with Crippen molar-refractivity contribution in [3.63, 3.8) is 0 Å². The van der Waals surface area contributed by atoms with E-state index in [9.17, 15) is 4.39 Å². The Morgan fingerprint density at radius 2 is 1.76 bits per heavy atom. The van der Waals surface area contributed by atoms with Crippen molar-refractivity contribution in [1.82, 2.24) is 5.32 Å². The molecule has 110 valence electrons. The number of nitrogens with one attached hydrogen (secondary N) is 1. The first-order chi connectivity index (χ1) is 10.3. The van der Waals surface area contributed by atoms with E-state index in [1.54, 1.807) is 6.07 Å². The summed E-state index contributed by atoms with van der Waals surface area (Å²) in [5, 5.41) is 3.35. The highest BCUT2D eigenvalue weighted by molar-refractivity contribution is 5.31. The van der Waals surface area contributed by atoms with Crippen molar-refractivity contribution < 1.29 is 13.9 Å². The predicted molar refractivity (Wildman–Crippen MR) is 78.8 cm³/mol. The van der Waals surface area contributed by atoms with Crippen molar-refractivity contribution >= 4 is 0 Å². The molecule has 1 aliphatic rings. The van der Waals surface area contributed by atoms with Gasteiger partial charge < -0.3 is 14.8 Å². The highest BCUT2D eigenvalue weighted by atomic mass is 19.1. The lowest BCUT2D eigenvalue weighted by atomic mass is 10.0. The van der Waals surface area contributed by atoms with Crippen LogP contribution in [-0.4, -0.2) is 20.2 Å². The van der Waals surface area contributed by atoms with Crippen LogP contribution in [0.1, 0.15) is 23.3 Å². The second-order valence-electron chi connectivity index (χ2n) is 5.08. The zero-order valence-electron chi connectivity index (χ0n) is 11.9. The minimum absolute atomic E-state index is 0.0184. The monoisotopic (exact) mass is 287 g/mol. The molecule has 0 aromatic heterocycles. The fourth-order valence-electron chi connectivity index (χ4n) is 2.58. The van der Waals surface area contributed by atoms with Crippen molar-refractivity contribution in [3.05, 3.63) is 65.5 Å². The third kappa shape index (κ3) is 3.06. The number of benzene rings is 2. The summed E-state index contributed by atoms with van der Waals surface area (Å²) in [5.41, 5.74) is 1.95. The van der Waals surface area contributed by atoms with Crippen LogP contribution in [0.25, 0.3) is 0 Å². The van der Waals surface area contributed by atoms with E-state index < -0.39 is 0 Å². The van der Waals surface area contributed by atoms with Gasteiger partial charge in [-0.05, 0) is 23.3 Å². The number of morpholine rings is 1. The molecule has 3 nitrogen and oxygen atoms in total. The maximum atomic E-state index is 13.8. The Morgan fingerprint density at radius 3 is 2.43 bits per heavy atom. The van der Waals surface area contributed by atoms with E-state index >= 15 is 0 Å². The molecule has 3 rings (SSSR count). The zero-order chi connectivity index (χ0) is 14.7. The maximum Gasteiger partial charge on any atom is 0.165 e. The Kier molecular flexibility index (Phi) is 4.18. The Balaban J connectivity index is 1.78. The molecule has 1 fully saturated rings. The molecule has 0 bridgehead atoms. The summed E-state index contributed by atoms with van der Waals surface area (Å²) in [6, 6.07) is 15.0. The fourth-order valence-corrected chi connectivity index (χ4v) is 2.58. The number of ether oxygens (including phenoxy) is 2. The van der Waals surface area contributed by atoms with Crippen LogP contribution in [0.15, 0.2) is 48.5 Å². The predicted octanol–water partition coefficient (Wildman–Crippen LogP) is 3.24. The number of hydrogen-bond donors (Lipinski definition) is 1. The first-order valence-corrected chi connectivity index (χ1v) is 7.02. The molecule has 2 atom stereocenters. The van der Waals surface area contributed by atoms with Crippen LogP contribution in [-0.2, 0) is 4.74 Å². The largest absolute Gasteiger partial charge is 0.494 e. The summed E-state index contributed by atoms with van der Waals surface area (Å²) in [5.74, 6) is -0.109. The van der Waals surface area contributed by atoms with E-state index in [1.807, 2.05) is 36.4 Å². The lowest BCUT2D eigenvalue weighted by Gasteiger charge is -2.31. The summed E-state index contributed by atoms with van der Waals surface area (Å²) >= 11 is 0. The second kappa shape index (κ2) is 6.24. The Morgan fingerprint density at radius 1 is 1.05 bits per heavy atom. The van der Waals surface area contributed by atoms with Crippen LogP contribution in [0.2, 0.25) is 0 Å². The van der Waals surface area contributed by atoms with Gasteiger partial charge in [-0.1, -0.05) is 36.4 Å². The molecule has 2 unspecified atom stereocenters. The lowest BCUT2D eigenvalue weighted by molar-refractivity contribution is -0.0407. The summed E-state index contributed by atoms with van der Waals surface area (Å²) < 4.78 is 24.9. The van der Waals surface area contributed by atoms with Gasteiger partial charge in [0, 0.05) is 13.1 Å².